The van der Waals surface area contributed by atoms with Crippen molar-refractivity contribution in [3.8, 4) is 0 Å². The number of aromatic nitrogens is 1. The summed E-state index contributed by atoms with van der Waals surface area (Å²) in [7, 11) is 0. The summed E-state index contributed by atoms with van der Waals surface area (Å²) in [5.74, 6) is 0.583. The smallest absolute Gasteiger partial charge is 0.224 e. The van der Waals surface area contributed by atoms with Gasteiger partial charge in [0.1, 0.15) is 0 Å². The van der Waals surface area contributed by atoms with Gasteiger partial charge >= 0.3 is 0 Å². The van der Waals surface area contributed by atoms with Gasteiger partial charge in [-0.3, -0.25) is 9.78 Å². The molecule has 1 aliphatic carbocycles. The predicted molar refractivity (Wildman–Crippen MR) is 90.9 cm³/mol. The molecule has 0 spiro atoms. The maximum absolute atomic E-state index is 12.4. The van der Waals surface area contributed by atoms with Crippen molar-refractivity contribution in [3.05, 3.63) is 78.1 Å². The van der Waals surface area contributed by atoms with Gasteiger partial charge in [0, 0.05) is 24.9 Å². The molecule has 1 aromatic heterocycles. The molecule has 23 heavy (non-hydrogen) atoms. The van der Waals surface area contributed by atoms with Crippen LogP contribution >= 0.6 is 0 Å². The van der Waals surface area contributed by atoms with Gasteiger partial charge in [0.25, 0.3) is 0 Å². The van der Waals surface area contributed by atoms with Crippen molar-refractivity contribution >= 4 is 16.7 Å². The Balaban J connectivity index is 1.46. The second-order valence-corrected chi connectivity index (χ2v) is 6.10. The normalized spacial score (nSPS) is 19.5. The van der Waals surface area contributed by atoms with E-state index in [9.17, 15) is 4.79 Å². The molecule has 4 rings (SSSR count). The molecule has 2 aromatic carbocycles. The fourth-order valence-electron chi connectivity index (χ4n) is 3.23. The molecule has 2 unspecified atom stereocenters. The average molecular weight is 302 g/mol. The van der Waals surface area contributed by atoms with Crippen molar-refractivity contribution in [1.29, 1.82) is 0 Å². The maximum Gasteiger partial charge on any atom is 0.224 e. The van der Waals surface area contributed by atoms with E-state index in [1.807, 2.05) is 12.1 Å². The van der Waals surface area contributed by atoms with Gasteiger partial charge in [0.2, 0.25) is 5.91 Å². The summed E-state index contributed by atoms with van der Waals surface area (Å²) in [5.41, 5.74) is 2.33. The average Bonchev–Trinajstić information content (AvgIpc) is 3.41. The lowest BCUT2D eigenvalue weighted by Gasteiger charge is -2.07. The second kappa shape index (κ2) is 5.84. The molecule has 0 aliphatic heterocycles. The monoisotopic (exact) mass is 302 g/mol. The van der Waals surface area contributed by atoms with E-state index in [0.29, 0.717) is 12.5 Å². The highest BCUT2D eigenvalue weighted by Gasteiger charge is 2.44. The maximum atomic E-state index is 12.4. The van der Waals surface area contributed by atoms with E-state index >= 15 is 0 Å². The number of nitrogens with one attached hydrogen (secondary N) is 1. The molecule has 1 amide bonds. The molecule has 0 bridgehead atoms. The molecule has 114 valence electrons. The molecule has 1 saturated carbocycles. The minimum absolute atomic E-state index is 0.0949. The van der Waals surface area contributed by atoms with E-state index in [1.165, 1.54) is 16.3 Å². The summed E-state index contributed by atoms with van der Waals surface area (Å²) in [5, 5.41) is 5.54. The zero-order valence-corrected chi connectivity index (χ0v) is 12.8. The van der Waals surface area contributed by atoms with Crippen molar-refractivity contribution in [2.75, 3.05) is 0 Å². The van der Waals surface area contributed by atoms with Gasteiger partial charge in [-0.1, -0.05) is 48.5 Å². The highest BCUT2D eigenvalue weighted by atomic mass is 16.2. The van der Waals surface area contributed by atoms with Gasteiger partial charge in [-0.15, -0.1) is 0 Å². The van der Waals surface area contributed by atoms with Crippen molar-refractivity contribution < 1.29 is 4.79 Å². The Kier molecular flexibility index (Phi) is 3.54. The molecule has 3 heteroatoms. The van der Waals surface area contributed by atoms with Gasteiger partial charge in [0.15, 0.2) is 0 Å². The van der Waals surface area contributed by atoms with Crippen LogP contribution in [0.5, 0.6) is 0 Å². The molecule has 0 saturated heterocycles. The predicted octanol–water partition coefficient (Wildman–Crippen LogP) is 3.65. The molecule has 3 nitrogen and oxygen atoms in total. The van der Waals surface area contributed by atoms with Crippen LogP contribution in [0.2, 0.25) is 0 Å². The van der Waals surface area contributed by atoms with Crippen LogP contribution in [-0.4, -0.2) is 10.9 Å². The zero-order valence-electron chi connectivity index (χ0n) is 12.8. The van der Waals surface area contributed by atoms with E-state index in [0.717, 1.165) is 12.0 Å². The quantitative estimate of drug-likeness (QED) is 0.799. The Morgan fingerprint density at radius 3 is 2.83 bits per heavy atom. The van der Waals surface area contributed by atoms with Crippen LogP contribution < -0.4 is 5.32 Å². The van der Waals surface area contributed by atoms with E-state index < -0.39 is 0 Å². The van der Waals surface area contributed by atoms with Crippen molar-refractivity contribution in [1.82, 2.24) is 10.3 Å². The first-order valence-electron chi connectivity index (χ1n) is 7.97. The Morgan fingerprint density at radius 1 is 1.09 bits per heavy atom. The summed E-state index contributed by atoms with van der Waals surface area (Å²) in [4.78, 5) is 16.4. The molecular weight excluding hydrogens is 284 g/mol. The number of carbonyl (C=O) groups excluding carboxylic acids is 1. The minimum Gasteiger partial charge on any atom is -0.352 e. The van der Waals surface area contributed by atoms with Gasteiger partial charge in [-0.05, 0) is 40.3 Å². The molecule has 3 aromatic rings. The third-order valence-electron chi connectivity index (χ3n) is 4.54. The first kappa shape index (κ1) is 13.9. The number of hydrogen-bond acceptors (Lipinski definition) is 2. The van der Waals surface area contributed by atoms with E-state index in [-0.39, 0.29) is 11.8 Å². The SMILES string of the molecule is O=C(NCc1cccnc1)C1CC1c1cccc2ccccc12. The summed E-state index contributed by atoms with van der Waals surface area (Å²) < 4.78 is 0. The Bertz CT molecular complexity index is 839. The summed E-state index contributed by atoms with van der Waals surface area (Å²) in [6, 6.07) is 18.6. The van der Waals surface area contributed by atoms with E-state index in [2.05, 4.69) is 52.8 Å². The minimum atomic E-state index is 0.0949. The van der Waals surface area contributed by atoms with E-state index in [4.69, 9.17) is 0 Å². The third-order valence-corrected chi connectivity index (χ3v) is 4.54. The lowest BCUT2D eigenvalue weighted by atomic mass is 10.00. The Morgan fingerprint density at radius 2 is 1.96 bits per heavy atom. The number of benzene rings is 2. The van der Waals surface area contributed by atoms with Crippen molar-refractivity contribution in [2.45, 2.75) is 18.9 Å². The fraction of sp³-hybridized carbons (Fsp3) is 0.200. The van der Waals surface area contributed by atoms with Gasteiger partial charge in [0.05, 0.1) is 0 Å². The molecule has 1 heterocycles. The standard InChI is InChI=1S/C20H18N2O/c23-20(22-13-14-5-4-10-21-12-14)19-11-18(19)17-9-3-7-15-6-1-2-8-16(15)17/h1-10,12,18-19H,11,13H2,(H,22,23). The number of amides is 1. The number of rotatable bonds is 4. The molecule has 2 atom stereocenters. The fourth-order valence-corrected chi connectivity index (χ4v) is 3.23. The van der Waals surface area contributed by atoms with Crippen molar-refractivity contribution in [2.24, 2.45) is 5.92 Å². The van der Waals surface area contributed by atoms with Gasteiger partial charge in [-0.2, -0.15) is 0 Å². The molecule has 1 N–H and O–H groups in total. The third kappa shape index (κ3) is 2.82. The van der Waals surface area contributed by atoms with Crippen LogP contribution in [0.15, 0.2) is 67.0 Å². The number of fused-ring (bicyclic) bond motifs is 1. The number of nitrogens with zero attached hydrogens (tertiary/aromatic N) is 1. The number of hydrogen-bond donors (Lipinski definition) is 1. The number of pyridine rings is 1. The highest BCUT2D eigenvalue weighted by Crippen LogP contribution is 2.49. The lowest BCUT2D eigenvalue weighted by molar-refractivity contribution is -0.122. The van der Waals surface area contributed by atoms with Crippen LogP contribution in [0.1, 0.15) is 23.5 Å². The first-order chi connectivity index (χ1) is 11.3. The van der Waals surface area contributed by atoms with Crippen LogP contribution in [0.3, 0.4) is 0 Å². The van der Waals surface area contributed by atoms with Crippen molar-refractivity contribution in [3.63, 3.8) is 0 Å². The summed E-state index contributed by atoms with van der Waals surface area (Å²) >= 11 is 0. The Hall–Kier alpha value is -2.68. The van der Waals surface area contributed by atoms with Crippen LogP contribution in [0.4, 0.5) is 0 Å². The molecule has 0 radical (unpaired) electrons. The Labute approximate surface area is 135 Å². The topological polar surface area (TPSA) is 42.0 Å². The highest BCUT2D eigenvalue weighted by molar-refractivity contribution is 5.89. The summed E-state index contributed by atoms with van der Waals surface area (Å²) in [6.07, 6.45) is 4.46. The van der Waals surface area contributed by atoms with Gasteiger partial charge in [-0.25, -0.2) is 0 Å². The van der Waals surface area contributed by atoms with Crippen LogP contribution in [0, 0.1) is 5.92 Å². The van der Waals surface area contributed by atoms with Crippen LogP contribution in [-0.2, 0) is 11.3 Å². The molecule has 1 aliphatic rings. The molecule has 1 fully saturated rings. The van der Waals surface area contributed by atoms with E-state index in [1.54, 1.807) is 12.4 Å². The summed E-state index contributed by atoms with van der Waals surface area (Å²) in [6.45, 7) is 0.547. The molecular formula is C20H18N2O. The van der Waals surface area contributed by atoms with Crippen LogP contribution in [0.25, 0.3) is 10.8 Å². The zero-order chi connectivity index (χ0) is 15.6. The largest absolute Gasteiger partial charge is 0.352 e. The van der Waals surface area contributed by atoms with Gasteiger partial charge < -0.3 is 5.32 Å². The second-order valence-electron chi connectivity index (χ2n) is 6.10. The first-order valence-corrected chi connectivity index (χ1v) is 7.97. The lowest BCUT2D eigenvalue weighted by Crippen LogP contribution is -2.24. The number of carbonyl (C=O) groups is 1.